The minimum Gasteiger partial charge on any atom is -0.497 e. The van der Waals surface area contributed by atoms with Crippen molar-refractivity contribution in [2.24, 2.45) is 5.92 Å². The summed E-state index contributed by atoms with van der Waals surface area (Å²) in [5, 5.41) is 0.980. The molecule has 0 saturated carbocycles. The number of methoxy groups -OCH3 is 1. The van der Waals surface area contributed by atoms with E-state index in [1.807, 2.05) is 23.1 Å². The number of amides is 1. The fourth-order valence-corrected chi connectivity index (χ4v) is 6.13. The average Bonchev–Trinajstić information content (AvgIpc) is 2.97. The maximum Gasteiger partial charge on any atom is 0.233 e. The Labute approximate surface area is 234 Å². The van der Waals surface area contributed by atoms with Gasteiger partial charge in [0.1, 0.15) is 16.7 Å². The Morgan fingerprint density at radius 3 is 2.34 bits per heavy atom. The van der Waals surface area contributed by atoms with Gasteiger partial charge >= 0.3 is 0 Å². The molecule has 200 valence electrons. The third kappa shape index (κ3) is 6.91. The summed E-state index contributed by atoms with van der Waals surface area (Å²) in [5.41, 5.74) is 2.55. The first-order chi connectivity index (χ1) is 18.6. The van der Waals surface area contributed by atoms with E-state index >= 15 is 0 Å². The lowest BCUT2D eigenvalue weighted by Crippen LogP contribution is -2.49. The van der Waals surface area contributed by atoms with Crippen LogP contribution in [-0.4, -0.2) is 72.9 Å². The molecule has 5 rings (SSSR count). The van der Waals surface area contributed by atoms with Gasteiger partial charge in [0.25, 0.3) is 0 Å². The molecule has 2 fully saturated rings. The van der Waals surface area contributed by atoms with Gasteiger partial charge in [-0.2, -0.15) is 0 Å². The predicted octanol–water partition coefficient (Wildman–Crippen LogP) is 5.04. The molecule has 0 bridgehead atoms. The molecule has 2 saturated heterocycles. The number of rotatable bonds is 8. The maximum absolute atomic E-state index is 12.9. The van der Waals surface area contributed by atoms with Gasteiger partial charge in [-0.1, -0.05) is 53.7 Å². The van der Waals surface area contributed by atoms with E-state index in [0.29, 0.717) is 35.1 Å². The second-order valence-corrected chi connectivity index (χ2v) is 11.1. The van der Waals surface area contributed by atoms with Crippen LogP contribution in [0.1, 0.15) is 18.4 Å². The largest absolute Gasteiger partial charge is 0.497 e. The molecule has 38 heavy (non-hydrogen) atoms. The molecule has 0 radical (unpaired) electrons. The molecule has 0 spiro atoms. The summed E-state index contributed by atoms with van der Waals surface area (Å²) in [6.45, 7) is 4.91. The minimum absolute atomic E-state index is 0.108. The summed E-state index contributed by atoms with van der Waals surface area (Å²) in [4.78, 5) is 28.6. The van der Waals surface area contributed by atoms with Crippen LogP contribution in [0, 0.1) is 5.92 Å². The van der Waals surface area contributed by atoms with E-state index in [-0.39, 0.29) is 5.91 Å². The monoisotopic (exact) mass is 551 g/mol. The lowest BCUT2D eigenvalue weighted by atomic mass is 9.90. The molecule has 1 amide bonds. The summed E-state index contributed by atoms with van der Waals surface area (Å²) in [5.74, 6) is 2.80. The highest BCUT2D eigenvalue weighted by Crippen LogP contribution is 2.28. The second-order valence-electron chi connectivity index (χ2n) is 9.81. The van der Waals surface area contributed by atoms with Crippen molar-refractivity contribution in [3.63, 3.8) is 0 Å². The van der Waals surface area contributed by atoms with Crippen molar-refractivity contribution in [1.82, 2.24) is 14.9 Å². The van der Waals surface area contributed by atoms with Crippen LogP contribution >= 0.6 is 23.4 Å². The van der Waals surface area contributed by atoms with Gasteiger partial charge in [-0.15, -0.1) is 0 Å². The van der Waals surface area contributed by atoms with Crippen LogP contribution in [0.5, 0.6) is 5.75 Å². The number of ether oxygens (including phenoxy) is 1. The van der Waals surface area contributed by atoms with E-state index in [2.05, 4.69) is 57.2 Å². The summed E-state index contributed by atoms with van der Waals surface area (Å²) in [6.07, 6.45) is 3.37. The molecule has 7 nitrogen and oxygen atoms in total. The average molecular weight is 552 g/mol. The fourth-order valence-electron chi connectivity index (χ4n) is 5.15. The summed E-state index contributed by atoms with van der Waals surface area (Å²) in [7, 11) is 1.67. The van der Waals surface area contributed by atoms with Crippen LogP contribution in [0.3, 0.4) is 0 Å². The third-order valence-corrected chi connectivity index (χ3v) is 8.39. The summed E-state index contributed by atoms with van der Waals surface area (Å²) < 4.78 is 5.25. The topological polar surface area (TPSA) is 61.8 Å². The lowest BCUT2D eigenvalue weighted by molar-refractivity contribution is -0.128. The van der Waals surface area contributed by atoms with Gasteiger partial charge in [-0.25, -0.2) is 9.97 Å². The van der Waals surface area contributed by atoms with Gasteiger partial charge in [0.05, 0.1) is 12.9 Å². The molecule has 2 aliphatic rings. The normalized spacial score (nSPS) is 16.5. The Balaban J connectivity index is 1.10. The Bertz CT molecular complexity index is 1200. The molecule has 2 aliphatic heterocycles. The number of piperazine rings is 1. The van der Waals surface area contributed by atoms with Gasteiger partial charge < -0.3 is 19.4 Å². The number of hydrogen-bond donors (Lipinski definition) is 0. The van der Waals surface area contributed by atoms with Gasteiger partial charge in [-0.05, 0) is 55.0 Å². The molecule has 3 heterocycles. The zero-order valence-corrected chi connectivity index (χ0v) is 23.3. The zero-order valence-electron chi connectivity index (χ0n) is 21.8. The lowest BCUT2D eigenvalue weighted by Gasteiger charge is -2.36. The van der Waals surface area contributed by atoms with Crippen LogP contribution < -0.4 is 14.5 Å². The van der Waals surface area contributed by atoms with E-state index < -0.39 is 0 Å². The molecule has 2 aromatic carbocycles. The van der Waals surface area contributed by atoms with Crippen molar-refractivity contribution >= 4 is 40.8 Å². The van der Waals surface area contributed by atoms with Gasteiger partial charge in [0, 0.05) is 51.0 Å². The van der Waals surface area contributed by atoms with Crippen molar-refractivity contribution in [2.75, 3.05) is 61.9 Å². The van der Waals surface area contributed by atoms with Crippen LogP contribution in [-0.2, 0) is 11.2 Å². The van der Waals surface area contributed by atoms with E-state index in [1.165, 1.54) is 17.3 Å². The molecular formula is C29H34ClN5O2S. The Morgan fingerprint density at radius 1 is 0.947 bits per heavy atom. The number of hydrogen-bond acceptors (Lipinski definition) is 7. The Hall–Kier alpha value is -2.97. The zero-order chi connectivity index (χ0) is 26.3. The number of halogens is 1. The summed E-state index contributed by atoms with van der Waals surface area (Å²) in [6, 6.07) is 20.6. The first-order valence-electron chi connectivity index (χ1n) is 13.2. The van der Waals surface area contributed by atoms with E-state index in [4.69, 9.17) is 21.3 Å². The van der Waals surface area contributed by atoms with Crippen molar-refractivity contribution in [1.29, 1.82) is 0 Å². The van der Waals surface area contributed by atoms with Crippen molar-refractivity contribution in [3.05, 3.63) is 71.4 Å². The highest BCUT2D eigenvalue weighted by Gasteiger charge is 2.24. The molecule has 0 atom stereocenters. The molecular weight excluding hydrogens is 518 g/mol. The van der Waals surface area contributed by atoms with Crippen LogP contribution in [0.15, 0.2) is 65.8 Å². The van der Waals surface area contributed by atoms with Crippen LogP contribution in [0.25, 0.3) is 0 Å². The van der Waals surface area contributed by atoms with Crippen molar-refractivity contribution in [3.8, 4) is 5.75 Å². The highest BCUT2D eigenvalue weighted by atomic mass is 35.5. The standard InChI is InChI=1S/C29H34ClN5O2S/c1-37-25-9-7-24(8-10-25)33-15-17-35(18-16-33)28(36)21-38-29-31-26(30)20-27(32-29)34-13-11-23(12-14-34)19-22-5-3-2-4-6-22/h2-10,20,23H,11-19,21H2,1H3. The fraction of sp³-hybridized carbons (Fsp3) is 0.414. The molecule has 0 aliphatic carbocycles. The number of benzene rings is 2. The van der Waals surface area contributed by atoms with Crippen molar-refractivity contribution < 1.29 is 9.53 Å². The van der Waals surface area contributed by atoms with Gasteiger partial charge in [0.2, 0.25) is 5.91 Å². The highest BCUT2D eigenvalue weighted by molar-refractivity contribution is 7.99. The molecule has 9 heteroatoms. The van der Waals surface area contributed by atoms with Gasteiger partial charge in [-0.3, -0.25) is 4.79 Å². The SMILES string of the molecule is COc1ccc(N2CCN(C(=O)CSc3nc(Cl)cc(N4CCC(Cc5ccccc5)CC4)n3)CC2)cc1. The Kier molecular flexibility index (Phi) is 8.91. The first-order valence-corrected chi connectivity index (χ1v) is 14.6. The molecule has 0 unspecified atom stereocenters. The first kappa shape index (κ1) is 26.6. The number of aromatic nitrogens is 2. The van der Waals surface area contributed by atoms with E-state index in [1.54, 1.807) is 7.11 Å². The van der Waals surface area contributed by atoms with E-state index in [0.717, 1.165) is 62.7 Å². The number of carbonyl (C=O) groups excluding carboxylic acids is 1. The van der Waals surface area contributed by atoms with Crippen molar-refractivity contribution in [2.45, 2.75) is 24.4 Å². The van der Waals surface area contributed by atoms with Gasteiger partial charge in [0.15, 0.2) is 5.16 Å². The third-order valence-electron chi connectivity index (χ3n) is 7.36. The predicted molar refractivity (Wildman–Crippen MR) is 155 cm³/mol. The number of thioether (sulfide) groups is 1. The molecule has 1 aromatic heterocycles. The van der Waals surface area contributed by atoms with Crippen LogP contribution in [0.2, 0.25) is 5.15 Å². The number of anilines is 2. The summed E-state index contributed by atoms with van der Waals surface area (Å²) >= 11 is 7.73. The smallest absolute Gasteiger partial charge is 0.233 e. The van der Waals surface area contributed by atoms with E-state index in [9.17, 15) is 4.79 Å². The maximum atomic E-state index is 12.9. The quantitative estimate of drug-likeness (QED) is 0.221. The number of piperidine rings is 1. The van der Waals surface area contributed by atoms with Crippen LogP contribution in [0.4, 0.5) is 11.5 Å². The number of nitrogens with zero attached hydrogens (tertiary/aromatic N) is 5. The number of carbonyl (C=O) groups is 1. The minimum atomic E-state index is 0.108. The molecule has 0 N–H and O–H groups in total. The molecule has 3 aromatic rings. The second kappa shape index (κ2) is 12.7. The Morgan fingerprint density at radius 2 is 1.66 bits per heavy atom.